The third-order valence-electron chi connectivity index (χ3n) is 7.00. The second-order valence-electron chi connectivity index (χ2n) is 9.57. The molecule has 2 amide bonds. The summed E-state index contributed by atoms with van der Waals surface area (Å²) < 4.78 is 11.9. The molecule has 2 aliphatic rings. The van der Waals surface area contributed by atoms with Gasteiger partial charge in [-0.2, -0.15) is 0 Å². The number of likely N-dealkylation sites (N-methyl/N-ethyl adjacent to an activating group) is 2. The molecule has 1 N–H and O–H groups in total. The molecule has 3 atom stereocenters. The Balaban J connectivity index is 1.84. The number of nitrogens with zero attached hydrogens (tertiary/aromatic N) is 2. The van der Waals surface area contributed by atoms with Crippen LogP contribution in [0.3, 0.4) is 0 Å². The molecule has 0 spiro atoms. The van der Waals surface area contributed by atoms with Crippen LogP contribution in [0.1, 0.15) is 56.3 Å². The number of fused-ring (bicyclic) bond motifs is 1. The van der Waals surface area contributed by atoms with Crippen LogP contribution in [0.15, 0.2) is 18.2 Å². The molecular weight excluding hydrogens is 406 g/mol. The molecule has 0 bridgehead atoms. The van der Waals surface area contributed by atoms with Gasteiger partial charge in [-0.15, -0.1) is 0 Å². The van der Waals surface area contributed by atoms with Crippen LogP contribution in [0.5, 0.6) is 5.75 Å². The van der Waals surface area contributed by atoms with Crippen molar-refractivity contribution in [3.05, 3.63) is 23.8 Å². The summed E-state index contributed by atoms with van der Waals surface area (Å²) in [7, 11) is 5.58. The summed E-state index contributed by atoms with van der Waals surface area (Å²) >= 11 is 0. The highest BCUT2D eigenvalue weighted by Gasteiger charge is 2.27. The van der Waals surface area contributed by atoms with E-state index in [1.165, 1.54) is 6.42 Å². The van der Waals surface area contributed by atoms with Gasteiger partial charge in [0.1, 0.15) is 12.4 Å². The number of methoxy groups -OCH3 is 1. The van der Waals surface area contributed by atoms with Gasteiger partial charge < -0.3 is 19.7 Å². The first kappa shape index (κ1) is 24.5. The van der Waals surface area contributed by atoms with E-state index in [1.54, 1.807) is 37.3 Å². The summed E-state index contributed by atoms with van der Waals surface area (Å²) in [5, 5.41) is 3.04. The number of rotatable bonds is 3. The van der Waals surface area contributed by atoms with Crippen LogP contribution < -0.4 is 10.1 Å². The van der Waals surface area contributed by atoms with Gasteiger partial charge in [-0.25, -0.2) is 0 Å². The van der Waals surface area contributed by atoms with Crippen molar-refractivity contribution >= 4 is 17.5 Å². The van der Waals surface area contributed by atoms with E-state index in [-0.39, 0.29) is 35.8 Å². The van der Waals surface area contributed by atoms with Gasteiger partial charge in [0, 0.05) is 51.0 Å². The molecule has 178 valence electrons. The highest BCUT2D eigenvalue weighted by molar-refractivity contribution is 5.98. The van der Waals surface area contributed by atoms with E-state index in [4.69, 9.17) is 9.47 Å². The normalized spacial score (nSPS) is 26.5. The quantitative estimate of drug-likeness (QED) is 0.769. The Hall–Kier alpha value is -2.12. The molecule has 1 aliphatic carbocycles. The topological polar surface area (TPSA) is 71.1 Å². The van der Waals surface area contributed by atoms with E-state index >= 15 is 0 Å². The molecule has 0 unspecified atom stereocenters. The fourth-order valence-electron chi connectivity index (χ4n) is 4.64. The lowest BCUT2D eigenvalue weighted by Crippen LogP contribution is -2.45. The summed E-state index contributed by atoms with van der Waals surface area (Å²) in [5.74, 6) is 0.789. The number of anilines is 1. The number of amides is 2. The molecule has 1 aromatic carbocycles. The maximum absolute atomic E-state index is 13.2. The number of hydrogen-bond donors (Lipinski definition) is 1. The van der Waals surface area contributed by atoms with Gasteiger partial charge in [0.05, 0.1) is 11.7 Å². The van der Waals surface area contributed by atoms with Gasteiger partial charge in [-0.3, -0.25) is 14.5 Å². The zero-order chi connectivity index (χ0) is 23.3. The Bertz CT molecular complexity index is 793. The lowest BCUT2D eigenvalue weighted by Gasteiger charge is -2.34. The van der Waals surface area contributed by atoms with E-state index in [1.807, 2.05) is 0 Å². The van der Waals surface area contributed by atoms with Gasteiger partial charge >= 0.3 is 0 Å². The Morgan fingerprint density at radius 3 is 2.53 bits per heavy atom. The van der Waals surface area contributed by atoms with Crippen molar-refractivity contribution in [2.45, 2.75) is 58.1 Å². The molecule has 32 heavy (non-hydrogen) atoms. The second kappa shape index (κ2) is 11.1. The minimum atomic E-state index is -0.110. The second-order valence-corrected chi connectivity index (χ2v) is 9.57. The minimum absolute atomic E-state index is 0.0588. The smallest absolute Gasteiger partial charge is 0.257 e. The first-order chi connectivity index (χ1) is 15.3. The van der Waals surface area contributed by atoms with Crippen molar-refractivity contribution in [1.29, 1.82) is 0 Å². The van der Waals surface area contributed by atoms with Crippen LogP contribution >= 0.6 is 0 Å². The number of carbonyl (C=O) groups excluding carboxylic acids is 2. The van der Waals surface area contributed by atoms with Crippen molar-refractivity contribution in [3.63, 3.8) is 0 Å². The number of benzene rings is 1. The molecule has 7 heteroatoms. The summed E-state index contributed by atoms with van der Waals surface area (Å²) in [4.78, 5) is 29.9. The highest BCUT2D eigenvalue weighted by Crippen LogP contribution is 2.29. The largest absolute Gasteiger partial charge is 0.491 e. The highest BCUT2D eigenvalue weighted by atomic mass is 16.5. The molecule has 1 saturated carbocycles. The molecular formula is C25H39N3O4. The maximum Gasteiger partial charge on any atom is 0.257 e. The molecule has 0 saturated heterocycles. The molecule has 7 nitrogen and oxygen atoms in total. The summed E-state index contributed by atoms with van der Waals surface area (Å²) in [6, 6.07) is 5.51. The lowest BCUT2D eigenvalue weighted by atomic mass is 9.88. The van der Waals surface area contributed by atoms with Gasteiger partial charge in [0.15, 0.2) is 0 Å². The summed E-state index contributed by atoms with van der Waals surface area (Å²) in [5.41, 5.74) is 1.17. The van der Waals surface area contributed by atoms with Gasteiger partial charge in [-0.05, 0) is 44.9 Å². The Labute approximate surface area is 192 Å². The molecule has 1 aliphatic heterocycles. The SMILES string of the molecule is CO[C@@H]1CN(C)C(=O)c2ccc(NC(=O)C3CCCCC3)cc2OC[C@H](C)N(C)C[C@@H]1C. The number of hydrogen-bond acceptors (Lipinski definition) is 5. The number of carbonyl (C=O) groups is 2. The maximum atomic E-state index is 13.2. The van der Waals surface area contributed by atoms with E-state index in [9.17, 15) is 9.59 Å². The summed E-state index contributed by atoms with van der Waals surface area (Å²) in [6.45, 7) is 6.05. The fourth-order valence-corrected chi connectivity index (χ4v) is 4.64. The van der Waals surface area contributed by atoms with E-state index in [0.29, 0.717) is 30.2 Å². The van der Waals surface area contributed by atoms with Gasteiger partial charge in [0.25, 0.3) is 5.91 Å². The molecule has 0 radical (unpaired) electrons. The van der Waals surface area contributed by atoms with Crippen LogP contribution in [-0.2, 0) is 9.53 Å². The van der Waals surface area contributed by atoms with Crippen LogP contribution in [-0.4, -0.2) is 74.7 Å². The summed E-state index contributed by atoms with van der Waals surface area (Å²) in [6.07, 6.45) is 5.26. The lowest BCUT2D eigenvalue weighted by molar-refractivity contribution is -0.120. The van der Waals surface area contributed by atoms with Crippen LogP contribution in [0.4, 0.5) is 5.69 Å². The van der Waals surface area contributed by atoms with Crippen molar-refractivity contribution in [3.8, 4) is 5.75 Å². The molecule has 0 aromatic heterocycles. The number of nitrogens with one attached hydrogen (secondary N) is 1. The Kier molecular flexibility index (Phi) is 8.54. The third-order valence-corrected chi connectivity index (χ3v) is 7.00. The standard InChI is InChI=1S/C25H39N3O4/c1-17-14-27(3)18(2)16-32-22-13-20(26-24(29)19-9-7-6-8-10-19)11-12-21(22)25(30)28(4)15-23(17)31-5/h11-13,17-19,23H,6-10,14-16H2,1-5H3,(H,26,29)/t17-,18-,23+/m0/s1. The zero-order valence-electron chi connectivity index (χ0n) is 20.2. The van der Waals surface area contributed by atoms with Crippen LogP contribution in [0.2, 0.25) is 0 Å². The van der Waals surface area contributed by atoms with Crippen molar-refractivity contribution < 1.29 is 19.1 Å². The van der Waals surface area contributed by atoms with Gasteiger partial charge in [-0.1, -0.05) is 26.2 Å². The van der Waals surface area contributed by atoms with E-state index < -0.39 is 0 Å². The van der Waals surface area contributed by atoms with Crippen LogP contribution in [0, 0.1) is 11.8 Å². The first-order valence-electron chi connectivity index (χ1n) is 11.9. The third kappa shape index (κ3) is 6.01. The predicted molar refractivity (Wildman–Crippen MR) is 126 cm³/mol. The van der Waals surface area contributed by atoms with Crippen molar-refractivity contribution in [1.82, 2.24) is 9.80 Å². The van der Waals surface area contributed by atoms with E-state index in [2.05, 4.69) is 31.1 Å². The Morgan fingerprint density at radius 2 is 1.84 bits per heavy atom. The van der Waals surface area contributed by atoms with E-state index in [0.717, 1.165) is 32.2 Å². The molecule has 1 aromatic rings. The zero-order valence-corrected chi connectivity index (χ0v) is 20.2. The fraction of sp³-hybridized carbons (Fsp3) is 0.680. The van der Waals surface area contributed by atoms with Crippen LogP contribution in [0.25, 0.3) is 0 Å². The average molecular weight is 446 g/mol. The first-order valence-corrected chi connectivity index (χ1v) is 11.9. The van der Waals surface area contributed by atoms with Gasteiger partial charge in [0.2, 0.25) is 5.91 Å². The molecule has 1 fully saturated rings. The average Bonchev–Trinajstić information content (AvgIpc) is 2.80. The Morgan fingerprint density at radius 1 is 1.12 bits per heavy atom. The molecule has 3 rings (SSSR count). The van der Waals surface area contributed by atoms with Crippen molar-refractivity contribution in [2.24, 2.45) is 11.8 Å². The van der Waals surface area contributed by atoms with Crippen molar-refractivity contribution in [2.75, 3.05) is 46.2 Å². The predicted octanol–water partition coefficient (Wildman–Crippen LogP) is 3.64. The monoisotopic (exact) mass is 445 g/mol. The minimum Gasteiger partial charge on any atom is -0.491 e. The number of ether oxygens (including phenoxy) is 2. The molecule has 1 heterocycles.